The first kappa shape index (κ1) is 14.1. The Morgan fingerprint density at radius 2 is 1.82 bits per heavy atom. The highest BCUT2D eigenvalue weighted by molar-refractivity contribution is 5.28. The van der Waals surface area contributed by atoms with Crippen molar-refractivity contribution in [3.05, 3.63) is 22.8 Å². The van der Waals surface area contributed by atoms with Gasteiger partial charge in [-0.15, -0.1) is 0 Å². The number of aryl methyl sites for hydroxylation is 2. The molecule has 1 rings (SSSR count). The molecule has 0 aliphatic rings. The second-order valence-corrected chi connectivity index (χ2v) is 4.41. The molecule has 4 nitrogen and oxygen atoms in total. The maximum absolute atomic E-state index is 5.70. The Labute approximate surface area is 104 Å². The molecule has 2 N–H and O–H groups in total. The van der Waals surface area contributed by atoms with Gasteiger partial charge in [0.2, 0.25) is 0 Å². The van der Waals surface area contributed by atoms with E-state index in [9.17, 15) is 0 Å². The molecule has 0 aliphatic heterocycles. The van der Waals surface area contributed by atoms with Crippen LogP contribution < -0.4 is 5.73 Å². The maximum atomic E-state index is 5.70. The highest BCUT2D eigenvalue weighted by atomic mass is 16.5. The molecule has 0 saturated heterocycles. The Kier molecular flexibility index (Phi) is 5.51. The zero-order valence-electron chi connectivity index (χ0n) is 11.3. The lowest BCUT2D eigenvalue weighted by Gasteiger charge is -2.15. The molecule has 4 heteroatoms. The van der Waals surface area contributed by atoms with E-state index in [0.29, 0.717) is 19.1 Å². The lowest BCUT2D eigenvalue weighted by atomic mass is 9.98. The van der Waals surface area contributed by atoms with Gasteiger partial charge in [0.1, 0.15) is 6.61 Å². The molecular weight excluding hydrogens is 214 g/mol. The van der Waals surface area contributed by atoms with E-state index < -0.39 is 0 Å². The molecule has 0 aromatic carbocycles. The van der Waals surface area contributed by atoms with Gasteiger partial charge in [0.05, 0.1) is 0 Å². The topological polar surface area (TPSA) is 61.0 Å². The quantitative estimate of drug-likeness (QED) is 0.769. The molecule has 1 atom stereocenters. The van der Waals surface area contributed by atoms with Gasteiger partial charge in [-0.1, -0.05) is 13.8 Å². The molecular formula is C13H23N3O. The Hall–Kier alpha value is -1.00. The third-order valence-electron chi connectivity index (χ3n) is 2.80. The van der Waals surface area contributed by atoms with Gasteiger partial charge in [-0.3, -0.25) is 0 Å². The Bertz CT molecular complexity index is 343. The summed E-state index contributed by atoms with van der Waals surface area (Å²) in [5.41, 5.74) is 8.91. The largest absolute Gasteiger partial charge is 0.373 e. The standard InChI is InChI=1S/C13H23N3O/c1-5-6-17-8-12-15-10(3)13(9(2)7-14)11(4)16-12/h9H,5-8,14H2,1-4H3. The van der Waals surface area contributed by atoms with Crippen LogP contribution in [0.25, 0.3) is 0 Å². The first-order valence-electron chi connectivity index (χ1n) is 6.21. The highest BCUT2D eigenvalue weighted by Crippen LogP contribution is 2.20. The lowest BCUT2D eigenvalue weighted by Crippen LogP contribution is -2.15. The van der Waals surface area contributed by atoms with E-state index in [4.69, 9.17) is 10.5 Å². The minimum Gasteiger partial charge on any atom is -0.373 e. The van der Waals surface area contributed by atoms with E-state index in [1.165, 1.54) is 5.56 Å². The molecule has 1 heterocycles. The van der Waals surface area contributed by atoms with Crippen molar-refractivity contribution in [2.75, 3.05) is 13.2 Å². The molecule has 1 aromatic heterocycles. The fourth-order valence-corrected chi connectivity index (χ4v) is 2.00. The van der Waals surface area contributed by atoms with E-state index in [1.807, 2.05) is 13.8 Å². The van der Waals surface area contributed by atoms with Crippen molar-refractivity contribution in [3.8, 4) is 0 Å². The van der Waals surface area contributed by atoms with Crippen LogP contribution in [0, 0.1) is 13.8 Å². The normalized spacial score (nSPS) is 12.8. The van der Waals surface area contributed by atoms with Crippen LogP contribution in [0.4, 0.5) is 0 Å². The molecule has 0 bridgehead atoms. The molecule has 0 amide bonds. The SMILES string of the molecule is CCCOCc1nc(C)c(C(C)CN)c(C)n1. The van der Waals surface area contributed by atoms with Gasteiger partial charge in [-0.2, -0.15) is 0 Å². The van der Waals surface area contributed by atoms with Crippen molar-refractivity contribution in [1.82, 2.24) is 9.97 Å². The third kappa shape index (κ3) is 3.75. The minimum absolute atomic E-state index is 0.306. The molecule has 0 spiro atoms. The Morgan fingerprint density at radius 1 is 1.24 bits per heavy atom. The summed E-state index contributed by atoms with van der Waals surface area (Å²) in [7, 11) is 0. The summed E-state index contributed by atoms with van der Waals surface area (Å²) in [6.07, 6.45) is 1.01. The molecule has 17 heavy (non-hydrogen) atoms. The average Bonchev–Trinajstić information content (AvgIpc) is 2.28. The number of ether oxygens (including phenoxy) is 1. The monoisotopic (exact) mass is 237 g/mol. The van der Waals surface area contributed by atoms with Crippen molar-refractivity contribution in [2.45, 2.75) is 46.6 Å². The first-order chi connectivity index (χ1) is 8.10. The van der Waals surface area contributed by atoms with Crippen molar-refractivity contribution >= 4 is 0 Å². The van der Waals surface area contributed by atoms with Crippen LogP contribution >= 0.6 is 0 Å². The summed E-state index contributed by atoms with van der Waals surface area (Å²) in [6.45, 7) is 10.1. The van der Waals surface area contributed by atoms with Gasteiger partial charge >= 0.3 is 0 Å². The minimum atomic E-state index is 0.306. The number of hydrogen-bond acceptors (Lipinski definition) is 4. The summed E-state index contributed by atoms with van der Waals surface area (Å²) in [4.78, 5) is 8.97. The molecule has 0 saturated carbocycles. The fraction of sp³-hybridized carbons (Fsp3) is 0.692. The number of nitrogens with two attached hydrogens (primary N) is 1. The smallest absolute Gasteiger partial charge is 0.154 e. The fourth-order valence-electron chi connectivity index (χ4n) is 2.00. The lowest BCUT2D eigenvalue weighted by molar-refractivity contribution is 0.115. The van der Waals surface area contributed by atoms with E-state index in [0.717, 1.165) is 30.2 Å². The van der Waals surface area contributed by atoms with E-state index in [-0.39, 0.29) is 0 Å². The molecule has 1 aromatic rings. The predicted molar refractivity (Wildman–Crippen MR) is 68.9 cm³/mol. The van der Waals surface area contributed by atoms with Crippen molar-refractivity contribution in [1.29, 1.82) is 0 Å². The summed E-state index contributed by atoms with van der Waals surface area (Å²) >= 11 is 0. The number of hydrogen-bond donors (Lipinski definition) is 1. The van der Waals surface area contributed by atoms with E-state index in [2.05, 4.69) is 23.8 Å². The summed E-state index contributed by atoms with van der Waals surface area (Å²) in [5, 5.41) is 0. The van der Waals surface area contributed by atoms with E-state index >= 15 is 0 Å². The number of aromatic nitrogens is 2. The van der Waals surface area contributed by atoms with Gasteiger partial charge in [-0.25, -0.2) is 9.97 Å². The van der Waals surface area contributed by atoms with Crippen LogP contribution in [-0.4, -0.2) is 23.1 Å². The van der Waals surface area contributed by atoms with Crippen molar-refractivity contribution in [2.24, 2.45) is 5.73 Å². The van der Waals surface area contributed by atoms with Crippen LogP contribution in [0.5, 0.6) is 0 Å². The average molecular weight is 237 g/mol. The Balaban J connectivity index is 2.85. The summed E-state index contributed by atoms with van der Waals surface area (Å²) < 4.78 is 5.46. The predicted octanol–water partition coefficient (Wildman–Crippen LogP) is 2.08. The van der Waals surface area contributed by atoms with E-state index in [1.54, 1.807) is 0 Å². The zero-order valence-corrected chi connectivity index (χ0v) is 11.3. The van der Waals surface area contributed by atoms with Gasteiger partial charge in [0, 0.05) is 18.0 Å². The first-order valence-corrected chi connectivity index (χ1v) is 6.21. The van der Waals surface area contributed by atoms with Crippen molar-refractivity contribution < 1.29 is 4.74 Å². The maximum Gasteiger partial charge on any atom is 0.154 e. The van der Waals surface area contributed by atoms with Crippen LogP contribution in [0.1, 0.15) is 49.0 Å². The van der Waals surface area contributed by atoms with Gasteiger partial charge in [0.15, 0.2) is 5.82 Å². The zero-order chi connectivity index (χ0) is 12.8. The Morgan fingerprint density at radius 3 is 2.29 bits per heavy atom. The number of nitrogens with zero attached hydrogens (tertiary/aromatic N) is 2. The third-order valence-corrected chi connectivity index (χ3v) is 2.80. The second-order valence-electron chi connectivity index (χ2n) is 4.41. The molecule has 1 unspecified atom stereocenters. The van der Waals surface area contributed by atoms with Crippen LogP contribution in [-0.2, 0) is 11.3 Å². The molecule has 0 aliphatic carbocycles. The highest BCUT2D eigenvalue weighted by Gasteiger charge is 2.13. The summed E-state index contributed by atoms with van der Waals surface area (Å²) in [6, 6.07) is 0. The van der Waals surface area contributed by atoms with Gasteiger partial charge in [0.25, 0.3) is 0 Å². The number of rotatable bonds is 6. The molecule has 0 radical (unpaired) electrons. The van der Waals surface area contributed by atoms with Gasteiger partial charge < -0.3 is 10.5 Å². The second kappa shape index (κ2) is 6.67. The van der Waals surface area contributed by atoms with Crippen molar-refractivity contribution in [3.63, 3.8) is 0 Å². The van der Waals surface area contributed by atoms with Crippen LogP contribution in [0.15, 0.2) is 0 Å². The molecule has 96 valence electrons. The molecule has 0 fully saturated rings. The summed E-state index contributed by atoms with van der Waals surface area (Å²) in [5.74, 6) is 1.07. The van der Waals surface area contributed by atoms with Crippen LogP contribution in [0.2, 0.25) is 0 Å². The van der Waals surface area contributed by atoms with Crippen LogP contribution in [0.3, 0.4) is 0 Å². The van der Waals surface area contributed by atoms with Gasteiger partial charge in [-0.05, 0) is 38.3 Å².